The second kappa shape index (κ2) is 7.40. The third kappa shape index (κ3) is 4.85. The molecule has 27 heavy (non-hydrogen) atoms. The summed E-state index contributed by atoms with van der Waals surface area (Å²) in [6, 6.07) is 13.3. The van der Waals surface area contributed by atoms with E-state index in [0.717, 1.165) is 19.1 Å². The maximum Gasteiger partial charge on any atom is 0.257 e. The molecule has 0 heterocycles. The molecule has 2 aromatic rings. The Morgan fingerprint density at radius 3 is 2.19 bits per heavy atom. The smallest absolute Gasteiger partial charge is 0.257 e. The minimum absolute atomic E-state index is 0.0199. The van der Waals surface area contributed by atoms with Crippen LogP contribution in [0.3, 0.4) is 0 Å². The van der Waals surface area contributed by atoms with Crippen LogP contribution in [0.1, 0.15) is 23.2 Å². The molecule has 2 N–H and O–H groups in total. The van der Waals surface area contributed by atoms with Gasteiger partial charge in [0.15, 0.2) is 0 Å². The highest BCUT2D eigenvalue weighted by Crippen LogP contribution is 2.33. The van der Waals surface area contributed by atoms with E-state index in [-0.39, 0.29) is 17.7 Å². The van der Waals surface area contributed by atoms with Gasteiger partial charge in [-0.15, -0.1) is 0 Å². The van der Waals surface area contributed by atoms with Gasteiger partial charge in [-0.25, -0.2) is 8.42 Å². The third-order valence-electron chi connectivity index (χ3n) is 4.21. The van der Waals surface area contributed by atoms with Gasteiger partial charge >= 0.3 is 0 Å². The number of anilines is 3. The minimum atomic E-state index is -3.36. The van der Waals surface area contributed by atoms with Gasteiger partial charge in [-0.2, -0.15) is 0 Å². The average molecular weight is 387 g/mol. The lowest BCUT2D eigenvalue weighted by molar-refractivity contribution is -0.119. The van der Waals surface area contributed by atoms with Crippen LogP contribution in [0.5, 0.6) is 0 Å². The predicted octanol–water partition coefficient (Wildman–Crippen LogP) is 2.68. The molecule has 142 valence electrons. The normalized spacial score (nSPS) is 13.7. The highest BCUT2D eigenvalue weighted by atomic mass is 32.2. The van der Waals surface area contributed by atoms with Gasteiger partial charge in [-0.1, -0.05) is 12.1 Å². The summed E-state index contributed by atoms with van der Waals surface area (Å²) in [6.07, 6.45) is 2.86. The van der Waals surface area contributed by atoms with Gasteiger partial charge in [0.25, 0.3) is 5.91 Å². The summed E-state index contributed by atoms with van der Waals surface area (Å²) in [4.78, 5) is 26.6. The van der Waals surface area contributed by atoms with Crippen LogP contribution in [0.25, 0.3) is 0 Å². The Balaban J connectivity index is 1.75. The molecule has 0 atom stereocenters. The maximum atomic E-state index is 12.7. The highest BCUT2D eigenvalue weighted by molar-refractivity contribution is 7.92. The van der Waals surface area contributed by atoms with Gasteiger partial charge in [0.1, 0.15) is 0 Å². The Kier molecular flexibility index (Phi) is 5.18. The molecule has 0 aliphatic heterocycles. The Labute approximate surface area is 158 Å². The molecule has 1 aliphatic rings. The first-order valence-corrected chi connectivity index (χ1v) is 10.4. The number of amides is 2. The molecule has 1 saturated carbocycles. The molecule has 0 radical (unpaired) electrons. The van der Waals surface area contributed by atoms with Crippen molar-refractivity contribution in [1.29, 1.82) is 0 Å². The molecule has 0 bridgehead atoms. The Bertz CT molecular complexity index is 967. The third-order valence-corrected chi connectivity index (χ3v) is 4.82. The number of benzene rings is 2. The van der Waals surface area contributed by atoms with E-state index in [0.29, 0.717) is 22.6 Å². The van der Waals surface area contributed by atoms with E-state index in [1.807, 2.05) is 0 Å². The summed E-state index contributed by atoms with van der Waals surface area (Å²) in [5, 5.41) is 2.77. The topological polar surface area (TPSA) is 95.6 Å². The molecule has 2 aromatic carbocycles. The summed E-state index contributed by atoms with van der Waals surface area (Å²) >= 11 is 0. The van der Waals surface area contributed by atoms with E-state index in [9.17, 15) is 18.0 Å². The largest absolute Gasteiger partial charge is 0.322 e. The Hall–Kier alpha value is -2.87. The van der Waals surface area contributed by atoms with Gasteiger partial charge in [-0.05, 0) is 49.2 Å². The van der Waals surface area contributed by atoms with Gasteiger partial charge in [0, 0.05) is 24.3 Å². The zero-order chi connectivity index (χ0) is 19.6. The lowest BCUT2D eigenvalue weighted by Crippen LogP contribution is -2.29. The van der Waals surface area contributed by atoms with Crippen molar-refractivity contribution in [3.63, 3.8) is 0 Å². The van der Waals surface area contributed by atoms with E-state index in [1.165, 1.54) is 4.90 Å². The molecular weight excluding hydrogens is 366 g/mol. The van der Waals surface area contributed by atoms with Crippen LogP contribution in [0.15, 0.2) is 48.5 Å². The molecule has 0 unspecified atom stereocenters. The Morgan fingerprint density at radius 1 is 1.00 bits per heavy atom. The van der Waals surface area contributed by atoms with Crippen LogP contribution in [0, 0.1) is 5.92 Å². The second-order valence-electron chi connectivity index (χ2n) is 6.59. The molecular formula is C19H21N3O4S. The summed E-state index contributed by atoms with van der Waals surface area (Å²) in [7, 11) is -1.68. The van der Waals surface area contributed by atoms with E-state index in [1.54, 1.807) is 55.6 Å². The number of nitrogens with zero attached hydrogens (tertiary/aromatic N) is 1. The van der Waals surface area contributed by atoms with Crippen LogP contribution in [0.4, 0.5) is 17.1 Å². The van der Waals surface area contributed by atoms with E-state index >= 15 is 0 Å². The van der Waals surface area contributed by atoms with Crippen molar-refractivity contribution in [2.24, 2.45) is 5.92 Å². The van der Waals surface area contributed by atoms with Crippen molar-refractivity contribution in [1.82, 2.24) is 0 Å². The standard InChI is InChI=1S/C19H21N3O4S/c1-22(19(24)13-7-8-13)17-6-4-3-5-16(17)18(23)20-14-9-11-15(12-10-14)21-27(2,25)26/h3-6,9-13,21H,7-8H2,1-2H3,(H,20,23). The number of carbonyl (C=O) groups excluding carboxylic acids is 2. The van der Waals surface area contributed by atoms with E-state index < -0.39 is 10.0 Å². The van der Waals surface area contributed by atoms with Crippen molar-refractivity contribution in [2.45, 2.75) is 12.8 Å². The molecule has 3 rings (SSSR count). The fourth-order valence-corrected chi connectivity index (χ4v) is 3.28. The quantitative estimate of drug-likeness (QED) is 0.797. The molecule has 0 aromatic heterocycles. The van der Waals surface area contributed by atoms with Crippen molar-refractivity contribution >= 4 is 38.9 Å². The zero-order valence-electron chi connectivity index (χ0n) is 15.1. The van der Waals surface area contributed by atoms with Crippen LogP contribution >= 0.6 is 0 Å². The number of hydrogen-bond acceptors (Lipinski definition) is 4. The van der Waals surface area contributed by atoms with E-state index in [2.05, 4.69) is 10.0 Å². The number of hydrogen-bond donors (Lipinski definition) is 2. The van der Waals surface area contributed by atoms with Crippen LogP contribution in [0.2, 0.25) is 0 Å². The van der Waals surface area contributed by atoms with Crippen molar-refractivity contribution in [2.75, 3.05) is 28.2 Å². The van der Waals surface area contributed by atoms with Crippen molar-refractivity contribution < 1.29 is 18.0 Å². The van der Waals surface area contributed by atoms with Gasteiger partial charge < -0.3 is 10.2 Å². The number of rotatable bonds is 6. The minimum Gasteiger partial charge on any atom is -0.322 e. The monoisotopic (exact) mass is 387 g/mol. The molecule has 8 heteroatoms. The molecule has 1 aliphatic carbocycles. The average Bonchev–Trinajstić information content (AvgIpc) is 3.46. The number of sulfonamides is 1. The van der Waals surface area contributed by atoms with Gasteiger partial charge in [0.05, 0.1) is 17.5 Å². The summed E-state index contributed by atoms with van der Waals surface area (Å²) < 4.78 is 24.8. The highest BCUT2D eigenvalue weighted by Gasteiger charge is 2.33. The predicted molar refractivity (Wildman–Crippen MR) is 105 cm³/mol. The van der Waals surface area contributed by atoms with E-state index in [4.69, 9.17) is 0 Å². The SMILES string of the molecule is CN(C(=O)C1CC1)c1ccccc1C(=O)Nc1ccc(NS(C)(=O)=O)cc1. The van der Waals surface area contributed by atoms with Crippen LogP contribution in [-0.4, -0.2) is 33.5 Å². The van der Waals surface area contributed by atoms with Gasteiger partial charge in [-0.3, -0.25) is 14.3 Å². The zero-order valence-corrected chi connectivity index (χ0v) is 15.9. The fourth-order valence-electron chi connectivity index (χ4n) is 2.72. The maximum absolute atomic E-state index is 12.7. The molecule has 2 amide bonds. The lowest BCUT2D eigenvalue weighted by atomic mass is 10.1. The number of para-hydroxylation sites is 1. The first-order chi connectivity index (χ1) is 12.7. The summed E-state index contributed by atoms with van der Waals surface area (Å²) in [5.74, 6) is -0.266. The van der Waals surface area contributed by atoms with Crippen LogP contribution < -0.4 is 14.9 Å². The van der Waals surface area contributed by atoms with Crippen LogP contribution in [-0.2, 0) is 14.8 Å². The molecule has 0 saturated heterocycles. The summed E-state index contributed by atoms with van der Waals surface area (Å²) in [6.45, 7) is 0. The first kappa shape index (κ1) is 18.9. The molecule has 1 fully saturated rings. The van der Waals surface area contributed by atoms with Crippen molar-refractivity contribution in [3.05, 3.63) is 54.1 Å². The lowest BCUT2D eigenvalue weighted by Gasteiger charge is -2.20. The van der Waals surface area contributed by atoms with Gasteiger partial charge in [0.2, 0.25) is 15.9 Å². The molecule has 0 spiro atoms. The first-order valence-electron chi connectivity index (χ1n) is 8.50. The number of nitrogens with one attached hydrogen (secondary N) is 2. The Morgan fingerprint density at radius 2 is 1.59 bits per heavy atom. The second-order valence-corrected chi connectivity index (χ2v) is 8.34. The molecule has 7 nitrogen and oxygen atoms in total. The summed E-state index contributed by atoms with van der Waals surface area (Å²) in [5.41, 5.74) is 1.88. The number of carbonyl (C=O) groups is 2. The fraction of sp³-hybridized carbons (Fsp3) is 0.263. The van der Waals surface area contributed by atoms with Crippen molar-refractivity contribution in [3.8, 4) is 0 Å².